The fraction of sp³-hybridized carbons (Fsp3) is 0.333. The number of fused-ring (bicyclic) bond motifs is 1. The monoisotopic (exact) mass is 494 g/mol. The van der Waals surface area contributed by atoms with Gasteiger partial charge >= 0.3 is 5.97 Å². The van der Waals surface area contributed by atoms with Crippen molar-refractivity contribution in [2.24, 2.45) is 11.8 Å². The smallest absolute Gasteiger partial charge is 0.338 e. The first-order valence-electron chi connectivity index (χ1n) is 11.7. The molecule has 1 heterocycles. The fourth-order valence-corrected chi connectivity index (χ4v) is 5.58. The fourth-order valence-electron chi connectivity index (χ4n) is 4.52. The van der Waals surface area contributed by atoms with Crippen LogP contribution in [0.4, 0.5) is 0 Å². The lowest BCUT2D eigenvalue weighted by Crippen LogP contribution is -2.44. The summed E-state index contributed by atoms with van der Waals surface area (Å²) in [7, 11) is -3.70. The summed E-state index contributed by atoms with van der Waals surface area (Å²) in [6, 6.07) is 19.0. The molecule has 35 heavy (non-hydrogen) atoms. The molecule has 1 amide bonds. The van der Waals surface area contributed by atoms with E-state index in [9.17, 15) is 18.0 Å². The number of hydrogen-bond acceptors (Lipinski definition) is 5. The second-order valence-electron chi connectivity index (χ2n) is 9.35. The second kappa shape index (κ2) is 10.6. The van der Waals surface area contributed by atoms with Crippen LogP contribution < -0.4 is 4.72 Å². The topological polar surface area (TPSA) is 92.8 Å². The zero-order chi connectivity index (χ0) is 25.0. The minimum atomic E-state index is -3.70. The van der Waals surface area contributed by atoms with Crippen molar-refractivity contribution >= 4 is 32.7 Å². The summed E-state index contributed by atoms with van der Waals surface area (Å²) in [5.41, 5.74) is 0.998. The van der Waals surface area contributed by atoms with Gasteiger partial charge < -0.3 is 9.64 Å². The van der Waals surface area contributed by atoms with Crippen LogP contribution in [0.5, 0.6) is 0 Å². The Balaban J connectivity index is 1.31. The first-order chi connectivity index (χ1) is 16.7. The van der Waals surface area contributed by atoms with Crippen LogP contribution in [0.15, 0.2) is 71.6 Å². The number of benzene rings is 3. The quantitative estimate of drug-likeness (QED) is 0.502. The van der Waals surface area contributed by atoms with Crippen LogP contribution in [-0.4, -0.2) is 44.9 Å². The van der Waals surface area contributed by atoms with Crippen molar-refractivity contribution in [1.82, 2.24) is 9.62 Å². The molecule has 7 nitrogen and oxygen atoms in total. The van der Waals surface area contributed by atoms with E-state index < -0.39 is 16.0 Å². The number of ether oxygens (including phenoxy) is 1. The minimum Gasteiger partial charge on any atom is -0.452 e. The molecule has 0 saturated carbocycles. The van der Waals surface area contributed by atoms with E-state index in [1.54, 1.807) is 47.4 Å². The van der Waals surface area contributed by atoms with Crippen molar-refractivity contribution in [3.8, 4) is 0 Å². The maximum atomic E-state index is 12.7. The molecular weight excluding hydrogens is 464 g/mol. The van der Waals surface area contributed by atoms with Gasteiger partial charge in [0.15, 0.2) is 6.61 Å². The molecule has 3 aromatic carbocycles. The Morgan fingerprint density at radius 3 is 2.29 bits per heavy atom. The van der Waals surface area contributed by atoms with Crippen molar-refractivity contribution in [3.05, 3.63) is 77.9 Å². The van der Waals surface area contributed by atoms with Crippen LogP contribution in [0.25, 0.3) is 10.8 Å². The van der Waals surface area contributed by atoms with E-state index in [0.29, 0.717) is 36.1 Å². The third-order valence-electron chi connectivity index (χ3n) is 6.24. The predicted octanol–water partition coefficient (Wildman–Crippen LogP) is 3.98. The van der Waals surface area contributed by atoms with Crippen molar-refractivity contribution in [3.63, 3.8) is 0 Å². The summed E-state index contributed by atoms with van der Waals surface area (Å²) in [5.74, 6) is 0.102. The van der Waals surface area contributed by atoms with Gasteiger partial charge in [0.25, 0.3) is 5.91 Å². The van der Waals surface area contributed by atoms with E-state index in [1.165, 1.54) is 0 Å². The van der Waals surface area contributed by atoms with Gasteiger partial charge in [-0.05, 0) is 58.9 Å². The first-order valence-corrected chi connectivity index (χ1v) is 13.2. The highest BCUT2D eigenvalue weighted by molar-refractivity contribution is 7.89. The number of esters is 1. The van der Waals surface area contributed by atoms with Gasteiger partial charge in [0.1, 0.15) is 0 Å². The van der Waals surface area contributed by atoms with Crippen LogP contribution >= 0.6 is 0 Å². The summed E-state index contributed by atoms with van der Waals surface area (Å²) in [6.45, 7) is 5.39. The maximum absolute atomic E-state index is 12.7. The molecule has 184 valence electrons. The Morgan fingerprint density at radius 1 is 0.943 bits per heavy atom. The average Bonchev–Trinajstić information content (AvgIpc) is 2.85. The number of amides is 1. The lowest BCUT2D eigenvalue weighted by atomic mass is 9.92. The SMILES string of the molecule is C[C@H]1C[C@H](C)CN(C(=O)COC(=O)c2ccc(CNS(=O)(=O)c3ccc4ccccc4c3)cc2)C1. The highest BCUT2D eigenvalue weighted by atomic mass is 32.2. The summed E-state index contributed by atoms with van der Waals surface area (Å²) in [6.07, 6.45) is 1.09. The average molecular weight is 495 g/mol. The van der Waals surface area contributed by atoms with Gasteiger partial charge in [-0.2, -0.15) is 0 Å². The molecule has 0 bridgehead atoms. The van der Waals surface area contributed by atoms with Gasteiger partial charge in [0.05, 0.1) is 10.5 Å². The molecule has 1 fully saturated rings. The van der Waals surface area contributed by atoms with E-state index in [1.807, 2.05) is 24.3 Å². The number of likely N-dealkylation sites (tertiary alicyclic amines) is 1. The number of carbonyl (C=O) groups is 2. The second-order valence-corrected chi connectivity index (χ2v) is 11.1. The predicted molar refractivity (Wildman–Crippen MR) is 134 cm³/mol. The van der Waals surface area contributed by atoms with Gasteiger partial charge in [0.2, 0.25) is 10.0 Å². The highest BCUT2D eigenvalue weighted by Gasteiger charge is 2.26. The van der Waals surface area contributed by atoms with Gasteiger partial charge in [-0.25, -0.2) is 17.9 Å². The number of nitrogens with one attached hydrogen (secondary N) is 1. The number of hydrogen-bond donors (Lipinski definition) is 1. The maximum Gasteiger partial charge on any atom is 0.338 e. The minimum absolute atomic E-state index is 0.0777. The van der Waals surface area contributed by atoms with Crippen LogP contribution in [0.1, 0.15) is 36.2 Å². The molecule has 4 rings (SSSR count). The molecule has 0 radical (unpaired) electrons. The zero-order valence-electron chi connectivity index (χ0n) is 19.9. The standard InChI is InChI=1S/C27H30N2O5S/c1-19-13-20(2)17-29(16-19)26(30)18-34-27(31)23-9-7-21(8-10-23)15-28-35(32,33)25-12-11-22-5-3-4-6-24(22)14-25/h3-12,14,19-20,28H,13,15-18H2,1-2H3/t19-,20-/m0/s1. The number of rotatable bonds is 7. The van der Waals surface area contributed by atoms with Crippen LogP contribution in [0.3, 0.4) is 0 Å². The molecule has 1 saturated heterocycles. The van der Waals surface area contributed by atoms with E-state index in [-0.39, 0.29) is 24.0 Å². The molecule has 0 spiro atoms. The molecule has 2 atom stereocenters. The van der Waals surface area contributed by atoms with Crippen LogP contribution in [-0.2, 0) is 26.1 Å². The lowest BCUT2D eigenvalue weighted by Gasteiger charge is -2.34. The molecule has 0 unspecified atom stereocenters. The molecule has 1 aliphatic heterocycles. The van der Waals surface area contributed by atoms with Gasteiger partial charge in [0, 0.05) is 19.6 Å². The summed E-state index contributed by atoms with van der Waals surface area (Å²) in [4.78, 5) is 26.8. The Kier molecular flexibility index (Phi) is 7.52. The van der Waals surface area contributed by atoms with Crippen molar-refractivity contribution in [2.75, 3.05) is 19.7 Å². The molecule has 1 N–H and O–H groups in total. The molecule has 1 aliphatic rings. The van der Waals surface area contributed by atoms with E-state index >= 15 is 0 Å². The lowest BCUT2D eigenvalue weighted by molar-refractivity contribution is -0.137. The summed E-state index contributed by atoms with van der Waals surface area (Å²) < 4.78 is 33.3. The zero-order valence-corrected chi connectivity index (χ0v) is 20.8. The molecule has 0 aromatic heterocycles. The van der Waals surface area contributed by atoms with Gasteiger partial charge in [-0.1, -0.05) is 56.3 Å². The summed E-state index contributed by atoms with van der Waals surface area (Å²) >= 11 is 0. The third-order valence-corrected chi connectivity index (χ3v) is 7.63. The van der Waals surface area contributed by atoms with E-state index in [2.05, 4.69) is 18.6 Å². The van der Waals surface area contributed by atoms with Crippen LogP contribution in [0, 0.1) is 11.8 Å². The molecule has 8 heteroatoms. The van der Waals surface area contributed by atoms with Crippen LogP contribution in [0.2, 0.25) is 0 Å². The number of piperidine rings is 1. The Morgan fingerprint density at radius 2 is 1.60 bits per heavy atom. The van der Waals surface area contributed by atoms with Crippen molar-refractivity contribution in [1.29, 1.82) is 0 Å². The largest absolute Gasteiger partial charge is 0.452 e. The van der Waals surface area contributed by atoms with Gasteiger partial charge in [-0.15, -0.1) is 0 Å². The van der Waals surface area contributed by atoms with E-state index in [0.717, 1.165) is 17.2 Å². The number of nitrogens with zero attached hydrogens (tertiary/aromatic N) is 1. The van der Waals surface area contributed by atoms with E-state index in [4.69, 9.17) is 4.74 Å². The molecular formula is C27H30N2O5S. The summed E-state index contributed by atoms with van der Waals surface area (Å²) in [5, 5.41) is 1.82. The molecule has 0 aliphatic carbocycles. The first kappa shape index (κ1) is 24.9. The normalized spacial score (nSPS) is 18.4. The Hall–Kier alpha value is -3.23. The van der Waals surface area contributed by atoms with Crippen molar-refractivity contribution in [2.45, 2.75) is 31.7 Å². The Labute approximate surface area is 206 Å². The number of sulfonamides is 1. The van der Waals surface area contributed by atoms with Crippen molar-refractivity contribution < 1.29 is 22.7 Å². The highest BCUT2D eigenvalue weighted by Crippen LogP contribution is 2.21. The molecule has 3 aromatic rings. The number of carbonyl (C=O) groups excluding carboxylic acids is 2. The third kappa shape index (κ3) is 6.26. The van der Waals surface area contributed by atoms with Gasteiger partial charge in [-0.3, -0.25) is 4.79 Å². The Bertz CT molecular complexity index is 1310.